The summed E-state index contributed by atoms with van der Waals surface area (Å²) in [6.45, 7) is 1.05. The number of amides is 1. The number of nitro benzene ring substituents is 1. The highest BCUT2D eigenvalue weighted by atomic mass is 35.5. The SMILES string of the molecule is O=C(c1cc(Cl)ccc1[N+](=O)[O-])N1CCSC(c2ccco2)CC1. The highest BCUT2D eigenvalue weighted by Gasteiger charge is 2.28. The lowest BCUT2D eigenvalue weighted by Crippen LogP contribution is -2.33. The summed E-state index contributed by atoms with van der Waals surface area (Å²) >= 11 is 7.64. The van der Waals surface area contributed by atoms with E-state index >= 15 is 0 Å². The van der Waals surface area contributed by atoms with Crippen LogP contribution in [0.4, 0.5) is 5.69 Å². The molecule has 6 nitrogen and oxygen atoms in total. The Bertz CT molecular complexity index is 751. The number of hydrogen-bond acceptors (Lipinski definition) is 5. The molecule has 0 spiro atoms. The number of thioether (sulfide) groups is 1. The molecule has 1 fully saturated rings. The van der Waals surface area contributed by atoms with E-state index in [1.807, 2.05) is 12.1 Å². The molecule has 1 atom stereocenters. The van der Waals surface area contributed by atoms with Crippen LogP contribution in [0.1, 0.15) is 27.8 Å². The van der Waals surface area contributed by atoms with Crippen LogP contribution in [0.25, 0.3) is 0 Å². The molecule has 0 bridgehead atoms. The molecule has 1 aromatic heterocycles. The Morgan fingerprint density at radius 3 is 2.92 bits per heavy atom. The van der Waals surface area contributed by atoms with Gasteiger partial charge in [0, 0.05) is 29.9 Å². The van der Waals surface area contributed by atoms with Gasteiger partial charge in [0.1, 0.15) is 11.3 Å². The first-order valence-electron chi connectivity index (χ1n) is 7.44. The van der Waals surface area contributed by atoms with Crippen LogP contribution < -0.4 is 0 Å². The Labute approximate surface area is 147 Å². The zero-order chi connectivity index (χ0) is 17.1. The standard InChI is InChI=1S/C16H15ClN2O4S/c17-11-3-4-13(19(21)22)12(10-11)16(20)18-6-5-15(24-9-7-18)14-2-1-8-23-14/h1-4,8,10,15H,5-7,9H2. The minimum atomic E-state index is -0.554. The molecule has 0 radical (unpaired) electrons. The number of carbonyl (C=O) groups excluding carboxylic acids is 1. The van der Waals surface area contributed by atoms with E-state index in [-0.39, 0.29) is 22.4 Å². The van der Waals surface area contributed by atoms with Crippen LogP contribution in [0.2, 0.25) is 5.02 Å². The van der Waals surface area contributed by atoms with Gasteiger partial charge in [0.05, 0.1) is 16.4 Å². The van der Waals surface area contributed by atoms with E-state index in [1.54, 1.807) is 22.9 Å². The van der Waals surface area contributed by atoms with Crippen molar-refractivity contribution in [1.82, 2.24) is 4.90 Å². The molecule has 1 aliphatic rings. The monoisotopic (exact) mass is 366 g/mol. The Kier molecular flexibility index (Phi) is 5.11. The molecule has 1 amide bonds. The van der Waals surface area contributed by atoms with Crippen molar-refractivity contribution in [3.63, 3.8) is 0 Å². The number of furan rings is 1. The van der Waals surface area contributed by atoms with Gasteiger partial charge in [0.25, 0.3) is 11.6 Å². The zero-order valence-corrected chi connectivity index (χ0v) is 14.3. The third kappa shape index (κ3) is 3.57. The van der Waals surface area contributed by atoms with E-state index in [9.17, 15) is 14.9 Å². The highest BCUT2D eigenvalue weighted by Crippen LogP contribution is 2.35. The van der Waals surface area contributed by atoms with Gasteiger partial charge in [0.15, 0.2) is 0 Å². The average Bonchev–Trinajstić information content (AvgIpc) is 2.98. The van der Waals surface area contributed by atoms with Crippen molar-refractivity contribution in [1.29, 1.82) is 0 Å². The maximum absolute atomic E-state index is 12.8. The lowest BCUT2D eigenvalue weighted by Gasteiger charge is -2.20. The molecule has 1 aliphatic heterocycles. The van der Waals surface area contributed by atoms with Gasteiger partial charge >= 0.3 is 0 Å². The molecule has 8 heteroatoms. The molecule has 0 N–H and O–H groups in total. The van der Waals surface area contributed by atoms with Gasteiger partial charge in [-0.3, -0.25) is 14.9 Å². The Morgan fingerprint density at radius 2 is 2.21 bits per heavy atom. The lowest BCUT2D eigenvalue weighted by molar-refractivity contribution is -0.385. The van der Waals surface area contributed by atoms with Gasteiger partial charge in [0.2, 0.25) is 0 Å². The minimum Gasteiger partial charge on any atom is -0.468 e. The molecule has 0 saturated carbocycles. The summed E-state index contributed by atoms with van der Waals surface area (Å²) in [4.78, 5) is 25.0. The minimum absolute atomic E-state index is 0.0361. The van der Waals surface area contributed by atoms with Crippen LogP contribution >= 0.6 is 23.4 Å². The molecular formula is C16H15ClN2O4S. The largest absolute Gasteiger partial charge is 0.468 e. The first kappa shape index (κ1) is 16.9. The number of rotatable bonds is 3. The smallest absolute Gasteiger partial charge is 0.282 e. The van der Waals surface area contributed by atoms with Gasteiger partial charge in [-0.2, -0.15) is 0 Å². The highest BCUT2D eigenvalue weighted by molar-refractivity contribution is 7.99. The number of carbonyl (C=O) groups is 1. The maximum Gasteiger partial charge on any atom is 0.282 e. The number of hydrogen-bond donors (Lipinski definition) is 0. The van der Waals surface area contributed by atoms with Crippen LogP contribution in [0, 0.1) is 10.1 Å². The van der Waals surface area contributed by atoms with Crippen molar-refractivity contribution in [2.45, 2.75) is 11.7 Å². The summed E-state index contributed by atoms with van der Waals surface area (Å²) in [6, 6.07) is 7.83. The van der Waals surface area contributed by atoms with Crippen LogP contribution in [0.15, 0.2) is 41.0 Å². The third-order valence-corrected chi connectivity index (χ3v) is 5.40. The molecule has 126 valence electrons. The van der Waals surface area contributed by atoms with Crippen LogP contribution in [0.3, 0.4) is 0 Å². The molecular weight excluding hydrogens is 352 g/mol. The Hall–Kier alpha value is -1.99. The van der Waals surface area contributed by atoms with Crippen molar-refractivity contribution in [2.75, 3.05) is 18.8 Å². The predicted molar refractivity (Wildman–Crippen MR) is 92.5 cm³/mol. The fourth-order valence-electron chi connectivity index (χ4n) is 2.68. The quantitative estimate of drug-likeness (QED) is 0.602. The van der Waals surface area contributed by atoms with E-state index in [2.05, 4.69) is 0 Å². The van der Waals surface area contributed by atoms with Gasteiger partial charge in [-0.25, -0.2) is 0 Å². The summed E-state index contributed by atoms with van der Waals surface area (Å²) in [5.41, 5.74) is -0.183. The Morgan fingerprint density at radius 1 is 1.38 bits per heavy atom. The van der Waals surface area contributed by atoms with E-state index < -0.39 is 4.92 Å². The lowest BCUT2D eigenvalue weighted by atomic mass is 10.1. The van der Waals surface area contributed by atoms with Crippen molar-refractivity contribution in [3.05, 3.63) is 63.1 Å². The summed E-state index contributed by atoms with van der Waals surface area (Å²) in [5, 5.41) is 11.7. The van der Waals surface area contributed by atoms with Crippen molar-refractivity contribution in [3.8, 4) is 0 Å². The van der Waals surface area contributed by atoms with Gasteiger partial charge < -0.3 is 9.32 Å². The summed E-state index contributed by atoms with van der Waals surface area (Å²) in [5.74, 6) is 1.28. The van der Waals surface area contributed by atoms with Gasteiger partial charge in [-0.1, -0.05) is 11.6 Å². The van der Waals surface area contributed by atoms with Crippen molar-refractivity contribution < 1.29 is 14.1 Å². The topological polar surface area (TPSA) is 76.6 Å². The molecule has 2 heterocycles. The fraction of sp³-hybridized carbons (Fsp3) is 0.312. The van der Waals surface area contributed by atoms with E-state index in [1.165, 1.54) is 18.2 Å². The van der Waals surface area contributed by atoms with Gasteiger partial charge in [-0.05, 0) is 30.7 Å². The second kappa shape index (κ2) is 7.27. The first-order valence-corrected chi connectivity index (χ1v) is 8.87. The molecule has 24 heavy (non-hydrogen) atoms. The van der Waals surface area contributed by atoms with Gasteiger partial charge in [-0.15, -0.1) is 11.8 Å². The second-order valence-corrected chi connectivity index (χ2v) is 7.12. The average molecular weight is 367 g/mol. The van der Waals surface area contributed by atoms with E-state index in [0.29, 0.717) is 18.1 Å². The second-order valence-electron chi connectivity index (χ2n) is 5.37. The van der Waals surface area contributed by atoms with Crippen LogP contribution in [-0.2, 0) is 0 Å². The maximum atomic E-state index is 12.8. The molecule has 2 aromatic rings. The summed E-state index contributed by atoms with van der Waals surface area (Å²) in [7, 11) is 0. The third-order valence-electron chi connectivity index (χ3n) is 3.87. The first-order chi connectivity index (χ1) is 11.6. The fourth-order valence-corrected chi connectivity index (χ4v) is 4.04. The molecule has 1 aromatic carbocycles. The molecule has 3 rings (SSSR count). The predicted octanol–water partition coefficient (Wildman–Crippen LogP) is 4.16. The normalized spacial score (nSPS) is 18.2. The summed E-state index contributed by atoms with van der Waals surface area (Å²) < 4.78 is 5.44. The summed E-state index contributed by atoms with van der Waals surface area (Å²) in [6.07, 6.45) is 2.37. The zero-order valence-electron chi connectivity index (χ0n) is 12.7. The number of benzene rings is 1. The Balaban J connectivity index is 1.78. The number of nitro groups is 1. The molecule has 0 aliphatic carbocycles. The molecule has 1 saturated heterocycles. The van der Waals surface area contributed by atoms with E-state index in [4.69, 9.17) is 16.0 Å². The van der Waals surface area contributed by atoms with Crippen molar-refractivity contribution >= 4 is 35.0 Å². The van der Waals surface area contributed by atoms with E-state index in [0.717, 1.165) is 17.9 Å². The van der Waals surface area contributed by atoms with Crippen molar-refractivity contribution in [2.24, 2.45) is 0 Å². The van der Waals surface area contributed by atoms with Crippen LogP contribution in [-0.4, -0.2) is 34.6 Å². The number of nitrogens with zero attached hydrogens (tertiary/aromatic N) is 2. The number of halogens is 1. The molecule has 1 unspecified atom stereocenters. The van der Waals surface area contributed by atoms with Crippen LogP contribution in [0.5, 0.6) is 0 Å².